The minimum atomic E-state index is -4.72. The summed E-state index contributed by atoms with van der Waals surface area (Å²) in [5.74, 6) is -0.628. The Balaban J connectivity index is 5.40. The van der Waals surface area contributed by atoms with Gasteiger partial charge >= 0.3 is 5.97 Å². The van der Waals surface area contributed by atoms with E-state index in [2.05, 4.69) is 135 Å². The van der Waals surface area contributed by atoms with E-state index in [4.69, 9.17) is 13.8 Å². The number of unbranched alkanes of at least 4 members (excludes halogenated alkanes) is 18. The van der Waals surface area contributed by atoms with E-state index in [1.165, 1.54) is 70.6 Å². The lowest BCUT2D eigenvalue weighted by Crippen LogP contribution is -2.47. The van der Waals surface area contributed by atoms with Gasteiger partial charge in [-0.15, -0.1) is 0 Å². The highest BCUT2D eigenvalue weighted by molar-refractivity contribution is 7.45. The van der Waals surface area contributed by atoms with Crippen LogP contribution in [-0.2, 0) is 27.9 Å². The molecule has 0 aromatic rings. The molecule has 0 rings (SSSR count). The van der Waals surface area contributed by atoms with Crippen molar-refractivity contribution in [2.75, 3.05) is 40.9 Å². The largest absolute Gasteiger partial charge is 0.756 e. The number of rotatable bonds is 52. The molecule has 0 aliphatic heterocycles. The van der Waals surface area contributed by atoms with Crippen molar-refractivity contribution in [3.05, 3.63) is 122 Å². The Morgan fingerprint density at radius 2 is 0.853 bits per heavy atom. The number of ether oxygens (including phenoxy) is 1. The van der Waals surface area contributed by atoms with Gasteiger partial charge in [-0.3, -0.25) is 14.2 Å². The molecule has 0 aliphatic carbocycles. The van der Waals surface area contributed by atoms with E-state index in [1.807, 2.05) is 27.2 Å². The maximum atomic E-state index is 13.5. The van der Waals surface area contributed by atoms with Crippen LogP contribution in [-0.4, -0.2) is 69.4 Å². The molecule has 1 N–H and O–H groups in total. The van der Waals surface area contributed by atoms with Crippen LogP contribution in [0.1, 0.15) is 226 Å². The Morgan fingerprint density at radius 1 is 0.480 bits per heavy atom. The lowest BCUT2D eigenvalue weighted by atomic mass is 10.1. The molecule has 0 heterocycles. The molecule has 0 spiro atoms. The zero-order valence-corrected chi connectivity index (χ0v) is 49.6. The van der Waals surface area contributed by atoms with Gasteiger partial charge in [-0.1, -0.05) is 213 Å². The standard InChI is InChI=1S/C65H111N2O7P/c1-7-10-13-16-19-22-25-27-29-31-32-33-34-36-38-40-43-46-49-52-55-58-65(69)74-63(56-53-50-47-44-41-24-21-18-15-12-9-3)62(61-73-75(70,71)72-60-59-67(4,5)6)66-64(68)57-54-51-48-45-42-39-37-35-30-28-26-23-20-17-14-11-8-2/h10,13,19-20,22-23,27-30,32-33,36-39,43,46,53,56,62-63H,7-9,11-12,14-18,21,24-26,31,34-35,40-42,44-45,47-52,54-55,57-61H2,1-6H3,(H-,66,68,70,71)/b13-10-,22-19-,23-20-,29-27-,30-28-,33-32-,38-36-,39-37-,46-43-,56-53+. The summed E-state index contributed by atoms with van der Waals surface area (Å²) in [6, 6.07) is -0.926. The molecule has 428 valence electrons. The third kappa shape index (κ3) is 55.0. The second-order valence-electron chi connectivity index (χ2n) is 20.8. The fraction of sp³-hybridized carbons (Fsp3) is 0.662. The first-order valence-electron chi connectivity index (χ1n) is 29.8. The third-order valence-corrected chi connectivity index (χ3v) is 13.3. The molecule has 1 amide bonds. The maximum Gasteiger partial charge on any atom is 0.306 e. The number of nitrogens with one attached hydrogen (secondary N) is 1. The molecule has 0 aliphatic rings. The molecule has 0 saturated heterocycles. The molecule has 10 heteroatoms. The summed E-state index contributed by atoms with van der Waals surface area (Å²) in [6.07, 6.45) is 74.5. The van der Waals surface area contributed by atoms with Gasteiger partial charge in [-0.2, -0.15) is 0 Å². The lowest BCUT2D eigenvalue weighted by molar-refractivity contribution is -0.870. The van der Waals surface area contributed by atoms with E-state index in [-0.39, 0.29) is 25.4 Å². The number of phosphoric ester groups is 1. The van der Waals surface area contributed by atoms with Crippen LogP contribution < -0.4 is 10.2 Å². The predicted molar refractivity (Wildman–Crippen MR) is 320 cm³/mol. The first-order valence-corrected chi connectivity index (χ1v) is 31.3. The van der Waals surface area contributed by atoms with Gasteiger partial charge in [-0.05, 0) is 122 Å². The van der Waals surface area contributed by atoms with Crippen molar-refractivity contribution in [1.82, 2.24) is 5.32 Å². The topological polar surface area (TPSA) is 114 Å². The quantitative estimate of drug-likeness (QED) is 0.0212. The summed E-state index contributed by atoms with van der Waals surface area (Å²) < 4.78 is 30.2. The van der Waals surface area contributed by atoms with Crippen LogP contribution in [0, 0.1) is 0 Å². The summed E-state index contributed by atoms with van der Waals surface area (Å²) >= 11 is 0. The van der Waals surface area contributed by atoms with Crippen LogP contribution in [0.15, 0.2) is 122 Å². The van der Waals surface area contributed by atoms with Crippen LogP contribution in [0.25, 0.3) is 0 Å². The van der Waals surface area contributed by atoms with E-state index in [0.717, 1.165) is 109 Å². The van der Waals surface area contributed by atoms with Crippen molar-refractivity contribution < 1.29 is 37.3 Å². The lowest BCUT2D eigenvalue weighted by Gasteiger charge is -2.30. The van der Waals surface area contributed by atoms with Crippen molar-refractivity contribution in [1.29, 1.82) is 0 Å². The number of esters is 1. The minimum absolute atomic E-state index is 0.0408. The van der Waals surface area contributed by atoms with E-state index >= 15 is 0 Å². The molecule has 0 saturated carbocycles. The summed E-state index contributed by atoms with van der Waals surface area (Å²) in [4.78, 5) is 39.9. The van der Waals surface area contributed by atoms with Crippen molar-refractivity contribution in [2.45, 2.75) is 238 Å². The van der Waals surface area contributed by atoms with Gasteiger partial charge in [-0.25, -0.2) is 0 Å². The molecule has 0 aromatic heterocycles. The zero-order chi connectivity index (χ0) is 55.0. The Bertz CT molecular complexity index is 1700. The fourth-order valence-electron chi connectivity index (χ4n) is 7.76. The number of hydrogen-bond donors (Lipinski definition) is 1. The molecule has 75 heavy (non-hydrogen) atoms. The van der Waals surface area contributed by atoms with Crippen molar-refractivity contribution >= 4 is 19.7 Å². The molecule has 0 radical (unpaired) electrons. The van der Waals surface area contributed by atoms with Crippen molar-refractivity contribution in [2.24, 2.45) is 0 Å². The van der Waals surface area contributed by atoms with E-state index in [9.17, 15) is 19.0 Å². The second-order valence-corrected chi connectivity index (χ2v) is 22.2. The average molecular weight is 1060 g/mol. The highest BCUT2D eigenvalue weighted by atomic mass is 31.2. The summed E-state index contributed by atoms with van der Waals surface area (Å²) in [5, 5.41) is 2.99. The summed E-state index contributed by atoms with van der Waals surface area (Å²) in [7, 11) is 1.12. The van der Waals surface area contributed by atoms with E-state index in [1.54, 1.807) is 6.08 Å². The molecule has 0 fully saturated rings. The Morgan fingerprint density at radius 3 is 1.32 bits per heavy atom. The van der Waals surface area contributed by atoms with Crippen LogP contribution >= 0.6 is 7.82 Å². The monoisotopic (exact) mass is 1060 g/mol. The number of amides is 1. The molecule has 0 bridgehead atoms. The fourth-order valence-corrected chi connectivity index (χ4v) is 8.49. The van der Waals surface area contributed by atoms with Gasteiger partial charge in [0.05, 0.1) is 33.8 Å². The number of phosphoric acid groups is 1. The van der Waals surface area contributed by atoms with E-state index in [0.29, 0.717) is 23.9 Å². The normalized spacial score (nSPS) is 14.6. The molecular weight excluding hydrogens is 952 g/mol. The van der Waals surface area contributed by atoms with Crippen LogP contribution in [0.3, 0.4) is 0 Å². The highest BCUT2D eigenvalue weighted by Gasteiger charge is 2.27. The number of nitrogens with zero attached hydrogens (tertiary/aromatic N) is 1. The number of allylic oxidation sites excluding steroid dienone is 19. The minimum Gasteiger partial charge on any atom is -0.756 e. The average Bonchev–Trinajstić information content (AvgIpc) is 3.37. The number of quaternary nitrogens is 1. The van der Waals surface area contributed by atoms with Crippen molar-refractivity contribution in [3.63, 3.8) is 0 Å². The molecule has 0 aromatic carbocycles. The predicted octanol–water partition coefficient (Wildman–Crippen LogP) is 17.7. The van der Waals surface area contributed by atoms with Gasteiger partial charge in [0.2, 0.25) is 5.91 Å². The molecule has 3 atom stereocenters. The van der Waals surface area contributed by atoms with Gasteiger partial charge in [0.1, 0.15) is 19.3 Å². The second kappa shape index (κ2) is 53.8. The zero-order valence-electron chi connectivity index (χ0n) is 48.7. The summed E-state index contributed by atoms with van der Waals surface area (Å²) in [6.45, 7) is 6.62. The van der Waals surface area contributed by atoms with Gasteiger partial charge in [0.15, 0.2) is 0 Å². The van der Waals surface area contributed by atoms with Crippen molar-refractivity contribution in [3.8, 4) is 0 Å². The first kappa shape index (κ1) is 71.4. The number of carbonyl (C=O) groups excluding carboxylic acids is 2. The molecule has 9 nitrogen and oxygen atoms in total. The van der Waals surface area contributed by atoms with E-state index < -0.39 is 32.5 Å². The molecule has 3 unspecified atom stereocenters. The highest BCUT2D eigenvalue weighted by Crippen LogP contribution is 2.38. The number of likely N-dealkylation sites (N-methyl/N-ethyl adjacent to an activating group) is 1. The maximum absolute atomic E-state index is 13.5. The Hall–Kier alpha value is -3.59. The number of hydrogen-bond acceptors (Lipinski definition) is 7. The van der Waals surface area contributed by atoms with Gasteiger partial charge < -0.3 is 28.5 Å². The SMILES string of the molecule is CC/C=C\C/C=C\C/C=C\C/C=C\C/C=C\C/C=C\CCCCC(=O)OC(/C=C/CCCCCCCCCCC)C(COP(=O)([O-])OCC[N+](C)(C)C)NC(=O)CCCCCC/C=C\C/C=C\C/C=C\CCCCC. The third-order valence-electron chi connectivity index (χ3n) is 12.4. The first-order chi connectivity index (χ1) is 36.4. The number of carbonyl (C=O) groups is 2. The molecular formula is C65H111N2O7P. The van der Waals surface area contributed by atoms with Crippen LogP contribution in [0.5, 0.6) is 0 Å². The van der Waals surface area contributed by atoms with Gasteiger partial charge in [0.25, 0.3) is 7.82 Å². The smallest absolute Gasteiger partial charge is 0.306 e. The van der Waals surface area contributed by atoms with Gasteiger partial charge in [0, 0.05) is 12.8 Å². The van der Waals surface area contributed by atoms with Crippen LogP contribution in [0.2, 0.25) is 0 Å². The summed E-state index contributed by atoms with van der Waals surface area (Å²) in [5.41, 5.74) is 0. The van der Waals surface area contributed by atoms with Crippen LogP contribution in [0.4, 0.5) is 0 Å². The Kier molecular flexibility index (Phi) is 51.2. The Labute approximate surface area is 461 Å².